The number of hydrogen-bond acceptors (Lipinski definition) is 5. The molecule has 3 rings (SSSR count). The molecule has 0 aliphatic carbocycles. The minimum atomic E-state index is -5.08. The highest BCUT2D eigenvalue weighted by molar-refractivity contribution is 6.12. The predicted octanol–water partition coefficient (Wildman–Crippen LogP) is 2.95. The SMILES string of the molecule is N=C(N)c1ccc(/C=C2/N=C(c3ccccc3)OC2=O)cc1.O=C(O)C(F)(F)F. The zero-order valence-electron chi connectivity index (χ0n) is 14.6. The summed E-state index contributed by atoms with van der Waals surface area (Å²) in [5, 5.41) is 14.5. The highest BCUT2D eigenvalue weighted by Gasteiger charge is 2.38. The molecule has 1 heterocycles. The molecule has 1 aliphatic heterocycles. The topological polar surface area (TPSA) is 126 Å². The summed E-state index contributed by atoms with van der Waals surface area (Å²) in [5.74, 6) is -2.93. The van der Waals surface area contributed by atoms with E-state index in [1.165, 1.54) is 0 Å². The monoisotopic (exact) mass is 405 g/mol. The number of amidine groups is 1. The number of aliphatic imine (C=N–C) groups is 1. The van der Waals surface area contributed by atoms with Crippen molar-refractivity contribution in [3.63, 3.8) is 0 Å². The molecule has 1 aliphatic rings. The van der Waals surface area contributed by atoms with Crippen molar-refractivity contribution < 1.29 is 32.6 Å². The lowest BCUT2D eigenvalue weighted by atomic mass is 10.1. The number of nitrogen functional groups attached to an aromatic ring is 1. The van der Waals surface area contributed by atoms with Crippen LogP contribution in [0.5, 0.6) is 0 Å². The van der Waals surface area contributed by atoms with E-state index in [1.54, 1.807) is 30.3 Å². The van der Waals surface area contributed by atoms with Gasteiger partial charge in [-0.05, 0) is 23.8 Å². The smallest absolute Gasteiger partial charge is 0.475 e. The number of cyclic esters (lactones) is 1. The molecule has 29 heavy (non-hydrogen) atoms. The number of nitrogens with one attached hydrogen (secondary N) is 1. The van der Waals surface area contributed by atoms with Gasteiger partial charge in [0.1, 0.15) is 5.84 Å². The maximum atomic E-state index is 11.9. The van der Waals surface area contributed by atoms with E-state index in [-0.39, 0.29) is 11.5 Å². The van der Waals surface area contributed by atoms with Crippen LogP contribution in [0.4, 0.5) is 13.2 Å². The first-order valence-corrected chi connectivity index (χ1v) is 7.90. The number of carboxylic acid groups (broad SMARTS) is 1. The van der Waals surface area contributed by atoms with Crippen LogP contribution < -0.4 is 5.73 Å². The summed E-state index contributed by atoms with van der Waals surface area (Å²) in [6.07, 6.45) is -3.44. The molecule has 2 aromatic rings. The number of carbonyl (C=O) groups is 2. The molecule has 0 amide bonds. The van der Waals surface area contributed by atoms with E-state index >= 15 is 0 Å². The third kappa shape index (κ3) is 6.03. The van der Waals surface area contributed by atoms with Crippen molar-refractivity contribution in [2.45, 2.75) is 6.18 Å². The Balaban J connectivity index is 0.000000370. The highest BCUT2D eigenvalue weighted by atomic mass is 19.4. The third-order valence-corrected chi connectivity index (χ3v) is 3.41. The molecule has 0 atom stereocenters. The molecule has 0 aromatic heterocycles. The zero-order chi connectivity index (χ0) is 21.6. The third-order valence-electron chi connectivity index (χ3n) is 3.41. The van der Waals surface area contributed by atoms with Crippen molar-refractivity contribution in [2.75, 3.05) is 0 Å². The summed E-state index contributed by atoms with van der Waals surface area (Å²) in [6, 6.07) is 16.2. The van der Waals surface area contributed by atoms with Crippen LogP contribution in [0.3, 0.4) is 0 Å². The number of carbonyl (C=O) groups excluding carboxylic acids is 1. The Bertz CT molecular complexity index is 982. The number of halogens is 3. The number of alkyl halides is 3. The van der Waals surface area contributed by atoms with Crippen molar-refractivity contribution >= 4 is 29.7 Å². The largest absolute Gasteiger partial charge is 0.490 e. The van der Waals surface area contributed by atoms with E-state index in [2.05, 4.69) is 4.99 Å². The van der Waals surface area contributed by atoms with Crippen LogP contribution in [0.1, 0.15) is 16.7 Å². The van der Waals surface area contributed by atoms with Crippen molar-refractivity contribution in [2.24, 2.45) is 10.7 Å². The maximum Gasteiger partial charge on any atom is 0.490 e. The molecule has 0 bridgehead atoms. The van der Waals surface area contributed by atoms with Gasteiger partial charge in [0.05, 0.1) is 0 Å². The molecular weight excluding hydrogens is 391 g/mol. The summed E-state index contributed by atoms with van der Waals surface area (Å²) < 4.78 is 36.9. The fraction of sp³-hybridized carbons (Fsp3) is 0.0526. The van der Waals surface area contributed by atoms with Crippen molar-refractivity contribution in [3.05, 3.63) is 77.0 Å². The number of carboxylic acids is 1. The number of esters is 1. The van der Waals surface area contributed by atoms with Gasteiger partial charge in [-0.1, -0.05) is 42.5 Å². The van der Waals surface area contributed by atoms with Crippen LogP contribution >= 0.6 is 0 Å². The quantitative estimate of drug-likeness (QED) is 0.313. The van der Waals surface area contributed by atoms with Crippen LogP contribution in [-0.4, -0.2) is 35.0 Å². The second kappa shape index (κ2) is 8.83. The fourth-order valence-electron chi connectivity index (χ4n) is 2.03. The van der Waals surface area contributed by atoms with Gasteiger partial charge in [-0.3, -0.25) is 5.41 Å². The molecular formula is C19H14F3N3O4. The van der Waals surface area contributed by atoms with Gasteiger partial charge >= 0.3 is 18.1 Å². The summed E-state index contributed by atoms with van der Waals surface area (Å²) in [7, 11) is 0. The van der Waals surface area contributed by atoms with Crippen molar-refractivity contribution in [1.29, 1.82) is 5.41 Å². The summed E-state index contributed by atoms with van der Waals surface area (Å²) in [6.45, 7) is 0. The minimum absolute atomic E-state index is 0.00358. The molecule has 0 radical (unpaired) electrons. The number of rotatable bonds is 3. The van der Waals surface area contributed by atoms with E-state index in [0.717, 1.165) is 11.1 Å². The Hall–Kier alpha value is -3.95. The van der Waals surface area contributed by atoms with Crippen molar-refractivity contribution in [3.8, 4) is 0 Å². The van der Waals surface area contributed by atoms with Crippen LogP contribution in [0.15, 0.2) is 65.3 Å². The molecule has 150 valence electrons. The Kier molecular flexibility index (Phi) is 6.50. The number of aliphatic carboxylic acids is 1. The van der Waals surface area contributed by atoms with Gasteiger partial charge in [-0.15, -0.1) is 0 Å². The average Bonchev–Trinajstić information content (AvgIpc) is 3.03. The van der Waals surface area contributed by atoms with E-state index in [4.69, 9.17) is 25.8 Å². The lowest BCUT2D eigenvalue weighted by Crippen LogP contribution is -2.21. The molecule has 10 heteroatoms. The number of nitrogens with zero attached hydrogens (tertiary/aromatic N) is 1. The van der Waals surface area contributed by atoms with Gasteiger partial charge in [0.15, 0.2) is 5.70 Å². The fourth-order valence-corrected chi connectivity index (χ4v) is 2.03. The van der Waals surface area contributed by atoms with E-state index in [9.17, 15) is 18.0 Å². The summed E-state index contributed by atoms with van der Waals surface area (Å²) in [4.78, 5) is 25.0. The average molecular weight is 405 g/mol. The lowest BCUT2D eigenvalue weighted by Gasteiger charge is -1.98. The number of nitrogens with two attached hydrogens (primary N) is 1. The van der Waals surface area contributed by atoms with Gasteiger partial charge in [0.2, 0.25) is 5.90 Å². The number of benzene rings is 2. The van der Waals surface area contributed by atoms with Crippen LogP contribution in [0.25, 0.3) is 6.08 Å². The van der Waals surface area contributed by atoms with Gasteiger partial charge in [-0.25, -0.2) is 14.6 Å². The molecule has 2 aromatic carbocycles. The first kappa shape index (κ1) is 21.4. The van der Waals surface area contributed by atoms with Gasteiger partial charge in [0.25, 0.3) is 0 Å². The Labute approximate surface area is 162 Å². The van der Waals surface area contributed by atoms with Gasteiger partial charge in [-0.2, -0.15) is 13.2 Å². The van der Waals surface area contributed by atoms with E-state index in [0.29, 0.717) is 11.5 Å². The number of ether oxygens (including phenoxy) is 1. The standard InChI is InChI=1S/C17H13N3O2.C2HF3O2/c18-15(19)12-8-6-11(7-9-12)10-14-17(21)22-16(20-14)13-4-2-1-3-5-13;3-2(4,5)1(6)7/h1-10H,(H3,18,19);(H,6,7)/b14-10+;. The Morgan fingerprint density at radius 2 is 1.66 bits per heavy atom. The Morgan fingerprint density at radius 3 is 2.14 bits per heavy atom. The van der Waals surface area contributed by atoms with E-state index in [1.807, 2.05) is 30.3 Å². The van der Waals surface area contributed by atoms with Gasteiger partial charge in [0, 0.05) is 11.1 Å². The molecule has 0 saturated heterocycles. The van der Waals surface area contributed by atoms with Crippen LogP contribution in [0, 0.1) is 5.41 Å². The first-order valence-electron chi connectivity index (χ1n) is 7.90. The zero-order valence-corrected chi connectivity index (χ0v) is 14.6. The molecule has 0 spiro atoms. The minimum Gasteiger partial charge on any atom is -0.475 e. The first-order chi connectivity index (χ1) is 13.6. The van der Waals surface area contributed by atoms with E-state index < -0.39 is 18.1 Å². The molecule has 4 N–H and O–H groups in total. The Morgan fingerprint density at radius 1 is 1.10 bits per heavy atom. The summed E-state index contributed by atoms with van der Waals surface area (Å²) in [5.41, 5.74) is 7.82. The van der Waals surface area contributed by atoms with Crippen LogP contribution in [-0.2, 0) is 14.3 Å². The predicted molar refractivity (Wildman–Crippen MR) is 98.2 cm³/mol. The number of hydrogen-bond donors (Lipinski definition) is 3. The molecule has 0 fully saturated rings. The second-order valence-electron chi connectivity index (χ2n) is 5.54. The second-order valence-corrected chi connectivity index (χ2v) is 5.54. The lowest BCUT2D eigenvalue weighted by molar-refractivity contribution is -0.192. The molecule has 0 unspecified atom stereocenters. The highest BCUT2D eigenvalue weighted by Crippen LogP contribution is 2.19. The molecule has 7 nitrogen and oxygen atoms in total. The van der Waals surface area contributed by atoms with Crippen LogP contribution in [0.2, 0.25) is 0 Å². The normalized spacial score (nSPS) is 14.5. The molecule has 0 saturated carbocycles. The maximum absolute atomic E-state index is 11.9. The summed E-state index contributed by atoms with van der Waals surface area (Å²) >= 11 is 0. The van der Waals surface area contributed by atoms with Crippen molar-refractivity contribution in [1.82, 2.24) is 0 Å². The van der Waals surface area contributed by atoms with Gasteiger partial charge < -0.3 is 15.6 Å².